The molecular weight excluding hydrogens is 366 g/mol. The topological polar surface area (TPSA) is 32.6 Å². The fourth-order valence-corrected chi connectivity index (χ4v) is 3.56. The quantitative estimate of drug-likeness (QED) is 0.455. The molecule has 0 unspecified atom stereocenters. The number of phenolic OH excluding ortho intramolecular Hbond substituents is 1. The van der Waals surface area contributed by atoms with Crippen LogP contribution in [0.5, 0.6) is 5.75 Å². The SMILES string of the molecule is Cc1ccccc1C(=Nc1ccccc1)c1cc(C(C)(C)C)cc(C(C)(C)C)c1O. The minimum atomic E-state index is -0.191. The summed E-state index contributed by atoms with van der Waals surface area (Å²) in [5, 5.41) is 11.4. The molecule has 2 heteroatoms. The molecule has 0 amide bonds. The van der Waals surface area contributed by atoms with Gasteiger partial charge in [0.05, 0.1) is 11.4 Å². The number of nitrogens with zero attached hydrogens (tertiary/aromatic N) is 1. The molecule has 0 aromatic heterocycles. The third-order valence-electron chi connectivity index (χ3n) is 5.44. The Hall–Kier alpha value is -2.87. The minimum Gasteiger partial charge on any atom is -0.507 e. The molecule has 0 radical (unpaired) electrons. The van der Waals surface area contributed by atoms with Gasteiger partial charge in [-0.05, 0) is 47.1 Å². The third kappa shape index (κ3) is 4.64. The summed E-state index contributed by atoms with van der Waals surface area (Å²) in [6, 6.07) is 22.4. The van der Waals surface area contributed by atoms with E-state index >= 15 is 0 Å². The van der Waals surface area contributed by atoms with Gasteiger partial charge in [0.25, 0.3) is 0 Å². The van der Waals surface area contributed by atoms with E-state index < -0.39 is 0 Å². The summed E-state index contributed by atoms with van der Waals surface area (Å²) < 4.78 is 0. The zero-order chi connectivity index (χ0) is 22.1. The van der Waals surface area contributed by atoms with Gasteiger partial charge in [-0.25, -0.2) is 4.99 Å². The Morgan fingerprint density at radius 2 is 1.33 bits per heavy atom. The predicted octanol–water partition coefficient (Wildman–Crippen LogP) is 7.46. The number of phenols is 1. The molecule has 30 heavy (non-hydrogen) atoms. The Bertz CT molecular complexity index is 1060. The zero-order valence-corrected chi connectivity index (χ0v) is 19.2. The van der Waals surface area contributed by atoms with Crippen molar-refractivity contribution in [3.05, 3.63) is 94.5 Å². The average molecular weight is 400 g/mol. The van der Waals surface area contributed by atoms with Gasteiger partial charge in [0, 0.05) is 16.7 Å². The molecule has 1 N–H and O–H groups in total. The minimum absolute atomic E-state index is 0.0496. The van der Waals surface area contributed by atoms with Gasteiger partial charge in [0.15, 0.2) is 0 Å². The maximum atomic E-state index is 11.4. The number of aromatic hydroxyl groups is 1. The first-order valence-electron chi connectivity index (χ1n) is 10.6. The Morgan fingerprint density at radius 1 is 0.733 bits per heavy atom. The van der Waals surface area contributed by atoms with E-state index in [2.05, 4.69) is 72.7 Å². The van der Waals surface area contributed by atoms with E-state index in [1.54, 1.807) is 0 Å². The van der Waals surface area contributed by atoms with E-state index in [1.165, 1.54) is 5.56 Å². The average Bonchev–Trinajstić information content (AvgIpc) is 2.66. The van der Waals surface area contributed by atoms with Crippen LogP contribution in [0.3, 0.4) is 0 Å². The van der Waals surface area contributed by atoms with Crippen LogP contribution >= 0.6 is 0 Å². The fourth-order valence-electron chi connectivity index (χ4n) is 3.56. The fraction of sp³-hybridized carbons (Fsp3) is 0.321. The molecule has 3 aromatic rings. The number of aliphatic imine (C=N–C) groups is 1. The molecule has 0 atom stereocenters. The number of hydrogen-bond acceptors (Lipinski definition) is 2. The van der Waals surface area contributed by atoms with Gasteiger partial charge < -0.3 is 5.11 Å². The molecule has 2 nitrogen and oxygen atoms in total. The number of rotatable bonds is 3. The molecule has 0 fully saturated rings. The lowest BCUT2D eigenvalue weighted by Gasteiger charge is -2.28. The highest BCUT2D eigenvalue weighted by atomic mass is 16.3. The number of aryl methyl sites for hydroxylation is 1. The highest BCUT2D eigenvalue weighted by Gasteiger charge is 2.27. The van der Waals surface area contributed by atoms with Crippen LogP contribution < -0.4 is 0 Å². The molecule has 0 aliphatic rings. The second-order valence-electron chi connectivity index (χ2n) is 10.0. The van der Waals surface area contributed by atoms with Crippen molar-refractivity contribution in [2.24, 2.45) is 4.99 Å². The normalized spacial score (nSPS) is 12.8. The molecule has 0 saturated heterocycles. The first-order valence-corrected chi connectivity index (χ1v) is 10.6. The Morgan fingerprint density at radius 3 is 1.90 bits per heavy atom. The Labute approximate surface area is 181 Å². The lowest BCUT2D eigenvalue weighted by Crippen LogP contribution is -2.19. The maximum Gasteiger partial charge on any atom is 0.128 e. The van der Waals surface area contributed by atoms with Crippen molar-refractivity contribution in [3.8, 4) is 5.75 Å². The zero-order valence-electron chi connectivity index (χ0n) is 19.2. The largest absolute Gasteiger partial charge is 0.507 e. The molecule has 0 bridgehead atoms. The van der Waals surface area contributed by atoms with Crippen molar-refractivity contribution >= 4 is 11.4 Å². The van der Waals surface area contributed by atoms with Gasteiger partial charge >= 0.3 is 0 Å². The number of hydrogen-bond donors (Lipinski definition) is 1. The second-order valence-corrected chi connectivity index (χ2v) is 10.0. The summed E-state index contributed by atoms with van der Waals surface area (Å²) in [4.78, 5) is 5.02. The van der Waals surface area contributed by atoms with Gasteiger partial charge in [-0.3, -0.25) is 0 Å². The van der Waals surface area contributed by atoms with E-state index in [9.17, 15) is 5.11 Å². The van der Waals surface area contributed by atoms with Crippen molar-refractivity contribution in [2.75, 3.05) is 0 Å². The van der Waals surface area contributed by atoms with Gasteiger partial charge in [0.1, 0.15) is 5.75 Å². The Balaban J connectivity index is 2.39. The molecule has 0 aliphatic carbocycles. The number of para-hydroxylation sites is 1. The predicted molar refractivity (Wildman–Crippen MR) is 128 cm³/mol. The van der Waals surface area contributed by atoms with Crippen LogP contribution in [0, 0.1) is 6.92 Å². The van der Waals surface area contributed by atoms with Crippen LogP contribution in [-0.4, -0.2) is 10.8 Å². The smallest absolute Gasteiger partial charge is 0.128 e. The van der Waals surface area contributed by atoms with E-state index in [1.807, 2.05) is 42.5 Å². The maximum absolute atomic E-state index is 11.4. The molecule has 0 saturated carbocycles. The van der Waals surface area contributed by atoms with Crippen LogP contribution in [-0.2, 0) is 10.8 Å². The van der Waals surface area contributed by atoms with Crippen molar-refractivity contribution in [2.45, 2.75) is 59.3 Å². The molecule has 156 valence electrons. The molecule has 0 heterocycles. The van der Waals surface area contributed by atoms with Gasteiger partial charge in [0.2, 0.25) is 0 Å². The first-order chi connectivity index (χ1) is 14.0. The highest BCUT2D eigenvalue weighted by molar-refractivity contribution is 6.16. The van der Waals surface area contributed by atoms with Crippen LogP contribution in [0.25, 0.3) is 0 Å². The first kappa shape index (κ1) is 21.8. The van der Waals surface area contributed by atoms with Gasteiger partial charge in [-0.15, -0.1) is 0 Å². The lowest BCUT2D eigenvalue weighted by atomic mass is 9.78. The van der Waals surface area contributed by atoms with Crippen molar-refractivity contribution in [1.29, 1.82) is 0 Å². The van der Waals surface area contributed by atoms with E-state index in [0.29, 0.717) is 5.75 Å². The summed E-state index contributed by atoms with van der Waals surface area (Å²) in [7, 11) is 0. The Kier molecular flexibility index (Phi) is 5.90. The molecular formula is C28H33NO. The van der Waals surface area contributed by atoms with Crippen LogP contribution in [0.15, 0.2) is 71.7 Å². The van der Waals surface area contributed by atoms with Crippen molar-refractivity contribution < 1.29 is 5.11 Å². The van der Waals surface area contributed by atoms with Crippen LogP contribution in [0.2, 0.25) is 0 Å². The summed E-state index contributed by atoms with van der Waals surface area (Å²) in [6.45, 7) is 15.1. The molecule has 0 aliphatic heterocycles. The van der Waals surface area contributed by atoms with Gasteiger partial charge in [-0.2, -0.15) is 0 Å². The molecule has 3 rings (SSSR count). The standard InChI is InChI=1S/C28H33NO/c1-19-13-11-12-16-22(19)25(29-21-14-9-8-10-15-21)23-17-20(27(2,3)4)18-24(26(23)30)28(5,6)7/h8-18,30H,1-7H3. The monoisotopic (exact) mass is 399 g/mol. The summed E-state index contributed by atoms with van der Waals surface area (Å²) in [5.74, 6) is 0.313. The van der Waals surface area contributed by atoms with E-state index in [-0.39, 0.29) is 10.8 Å². The van der Waals surface area contributed by atoms with Crippen LogP contribution in [0.4, 0.5) is 5.69 Å². The number of benzene rings is 3. The second kappa shape index (κ2) is 8.10. The van der Waals surface area contributed by atoms with Gasteiger partial charge in [-0.1, -0.05) is 90.1 Å². The summed E-state index contributed by atoms with van der Waals surface area (Å²) in [5.41, 5.74) is 6.50. The summed E-state index contributed by atoms with van der Waals surface area (Å²) in [6.07, 6.45) is 0. The molecule has 3 aromatic carbocycles. The van der Waals surface area contributed by atoms with E-state index in [0.717, 1.165) is 33.7 Å². The van der Waals surface area contributed by atoms with Crippen LogP contribution in [0.1, 0.15) is 69.4 Å². The highest BCUT2D eigenvalue weighted by Crippen LogP contribution is 2.39. The third-order valence-corrected chi connectivity index (χ3v) is 5.44. The van der Waals surface area contributed by atoms with Crippen molar-refractivity contribution in [3.63, 3.8) is 0 Å². The lowest BCUT2D eigenvalue weighted by molar-refractivity contribution is 0.443. The summed E-state index contributed by atoms with van der Waals surface area (Å²) >= 11 is 0. The van der Waals surface area contributed by atoms with E-state index in [4.69, 9.17) is 4.99 Å². The van der Waals surface area contributed by atoms with Crippen molar-refractivity contribution in [1.82, 2.24) is 0 Å². The molecule has 0 spiro atoms.